The molecule has 0 saturated heterocycles. The largest absolute Gasteiger partial charge is 0.322 e. The van der Waals surface area contributed by atoms with Gasteiger partial charge in [0.2, 0.25) is 0 Å². The van der Waals surface area contributed by atoms with Gasteiger partial charge in [0.25, 0.3) is 5.91 Å². The summed E-state index contributed by atoms with van der Waals surface area (Å²) in [5.41, 5.74) is 4.20. The highest BCUT2D eigenvalue weighted by Gasteiger charge is 2.17. The molecule has 1 N–H and O–H groups in total. The molecule has 2 nitrogen and oxygen atoms in total. The number of halogens is 1. The van der Waals surface area contributed by atoms with Crippen molar-refractivity contribution >= 4 is 27.5 Å². The zero-order valence-electron chi connectivity index (χ0n) is 11.2. The minimum atomic E-state index is -0.0122. The number of hydrogen-bond acceptors (Lipinski definition) is 1. The van der Waals surface area contributed by atoms with E-state index < -0.39 is 0 Å². The van der Waals surface area contributed by atoms with E-state index in [1.165, 1.54) is 24.0 Å². The average Bonchev–Trinajstić information content (AvgIpc) is 2.46. The van der Waals surface area contributed by atoms with Crippen LogP contribution in [0.15, 0.2) is 46.9 Å². The first-order chi connectivity index (χ1) is 9.74. The van der Waals surface area contributed by atoms with Gasteiger partial charge in [-0.3, -0.25) is 4.79 Å². The molecule has 0 bridgehead atoms. The number of hydrogen-bond donors (Lipinski definition) is 1. The van der Waals surface area contributed by atoms with Gasteiger partial charge in [0.15, 0.2) is 0 Å². The SMILES string of the molecule is O=C(Nc1cccc(Br)c1)c1cccc2c1CCCC2. The number of carbonyl (C=O) groups excluding carboxylic acids is 1. The number of benzene rings is 2. The van der Waals surface area contributed by atoms with E-state index in [2.05, 4.69) is 27.3 Å². The summed E-state index contributed by atoms with van der Waals surface area (Å²) < 4.78 is 0.963. The number of anilines is 1. The number of aryl methyl sites for hydroxylation is 1. The number of amides is 1. The highest BCUT2D eigenvalue weighted by molar-refractivity contribution is 9.10. The fraction of sp³-hybridized carbons (Fsp3) is 0.235. The molecule has 1 amide bonds. The van der Waals surface area contributed by atoms with Crippen LogP contribution >= 0.6 is 15.9 Å². The summed E-state index contributed by atoms with van der Waals surface area (Å²) in [5.74, 6) is -0.0122. The van der Waals surface area contributed by atoms with Crippen LogP contribution in [0.5, 0.6) is 0 Å². The first-order valence-electron chi connectivity index (χ1n) is 6.92. The fourth-order valence-corrected chi connectivity index (χ4v) is 3.16. The van der Waals surface area contributed by atoms with Crippen LogP contribution in [0.4, 0.5) is 5.69 Å². The standard InChI is InChI=1S/C17H16BrNO/c18-13-7-4-8-14(11-13)19-17(20)16-10-3-6-12-5-1-2-9-15(12)16/h3-4,6-8,10-11H,1-2,5,9H2,(H,19,20). The van der Waals surface area contributed by atoms with E-state index in [1.54, 1.807) is 0 Å². The van der Waals surface area contributed by atoms with Gasteiger partial charge in [-0.25, -0.2) is 0 Å². The van der Waals surface area contributed by atoms with Crippen LogP contribution in [0.1, 0.15) is 34.3 Å². The van der Waals surface area contributed by atoms with Crippen molar-refractivity contribution in [3.05, 3.63) is 63.6 Å². The zero-order chi connectivity index (χ0) is 13.9. The van der Waals surface area contributed by atoms with Crippen molar-refractivity contribution < 1.29 is 4.79 Å². The maximum Gasteiger partial charge on any atom is 0.255 e. The summed E-state index contributed by atoms with van der Waals surface area (Å²) in [7, 11) is 0. The molecule has 0 saturated carbocycles. The summed E-state index contributed by atoms with van der Waals surface area (Å²) in [4.78, 5) is 12.5. The van der Waals surface area contributed by atoms with Gasteiger partial charge in [0.05, 0.1) is 0 Å². The number of carbonyl (C=O) groups is 1. The van der Waals surface area contributed by atoms with E-state index in [9.17, 15) is 4.79 Å². The molecule has 0 aromatic heterocycles. The minimum Gasteiger partial charge on any atom is -0.322 e. The van der Waals surface area contributed by atoms with Gasteiger partial charge in [0.1, 0.15) is 0 Å². The Morgan fingerprint density at radius 3 is 2.70 bits per heavy atom. The Labute approximate surface area is 127 Å². The molecule has 3 rings (SSSR count). The summed E-state index contributed by atoms with van der Waals surface area (Å²) in [5, 5.41) is 2.98. The van der Waals surface area contributed by atoms with E-state index in [0.29, 0.717) is 0 Å². The molecule has 3 heteroatoms. The monoisotopic (exact) mass is 329 g/mol. The van der Waals surface area contributed by atoms with Crippen LogP contribution in [0.3, 0.4) is 0 Å². The van der Waals surface area contributed by atoms with Crippen molar-refractivity contribution in [1.82, 2.24) is 0 Å². The summed E-state index contributed by atoms with van der Waals surface area (Å²) in [6.45, 7) is 0. The second-order valence-electron chi connectivity index (χ2n) is 5.11. The van der Waals surface area contributed by atoms with E-state index in [-0.39, 0.29) is 5.91 Å². The van der Waals surface area contributed by atoms with Gasteiger partial charge in [-0.05, 0) is 61.1 Å². The number of fused-ring (bicyclic) bond motifs is 1. The van der Waals surface area contributed by atoms with Crippen molar-refractivity contribution in [1.29, 1.82) is 0 Å². The molecule has 0 heterocycles. The highest BCUT2D eigenvalue weighted by Crippen LogP contribution is 2.25. The minimum absolute atomic E-state index is 0.0122. The van der Waals surface area contributed by atoms with Crippen molar-refractivity contribution in [2.24, 2.45) is 0 Å². The van der Waals surface area contributed by atoms with Gasteiger partial charge in [-0.1, -0.05) is 34.1 Å². The lowest BCUT2D eigenvalue weighted by Crippen LogP contribution is -2.17. The van der Waals surface area contributed by atoms with Gasteiger partial charge in [-0.2, -0.15) is 0 Å². The molecule has 0 unspecified atom stereocenters. The predicted molar refractivity (Wildman–Crippen MR) is 85.2 cm³/mol. The molecule has 0 radical (unpaired) electrons. The molecule has 1 aliphatic rings. The van der Waals surface area contributed by atoms with Crippen LogP contribution in [0, 0.1) is 0 Å². The Hall–Kier alpha value is -1.61. The molecular weight excluding hydrogens is 314 g/mol. The maximum atomic E-state index is 12.5. The predicted octanol–water partition coefficient (Wildman–Crippen LogP) is 4.58. The smallest absolute Gasteiger partial charge is 0.255 e. The lowest BCUT2D eigenvalue weighted by Gasteiger charge is -2.19. The molecule has 20 heavy (non-hydrogen) atoms. The van der Waals surface area contributed by atoms with Gasteiger partial charge >= 0.3 is 0 Å². The van der Waals surface area contributed by atoms with E-state index >= 15 is 0 Å². The quantitative estimate of drug-likeness (QED) is 0.858. The molecule has 1 aliphatic carbocycles. The topological polar surface area (TPSA) is 29.1 Å². The number of nitrogens with one attached hydrogen (secondary N) is 1. The van der Waals surface area contributed by atoms with Crippen LogP contribution in [0.25, 0.3) is 0 Å². The van der Waals surface area contributed by atoms with E-state index in [0.717, 1.165) is 28.6 Å². The summed E-state index contributed by atoms with van der Waals surface area (Å²) in [6.07, 6.45) is 4.50. The zero-order valence-corrected chi connectivity index (χ0v) is 12.7. The van der Waals surface area contributed by atoms with Crippen LogP contribution in [-0.4, -0.2) is 5.91 Å². The Kier molecular flexibility index (Phi) is 3.88. The first-order valence-corrected chi connectivity index (χ1v) is 7.71. The normalized spacial score (nSPS) is 13.7. The van der Waals surface area contributed by atoms with E-state index in [1.807, 2.05) is 36.4 Å². The van der Waals surface area contributed by atoms with E-state index in [4.69, 9.17) is 0 Å². The first kappa shape index (κ1) is 13.4. The van der Waals surface area contributed by atoms with Crippen molar-refractivity contribution in [2.75, 3.05) is 5.32 Å². The van der Waals surface area contributed by atoms with Gasteiger partial charge in [0, 0.05) is 15.7 Å². The third kappa shape index (κ3) is 2.78. The molecular formula is C17H16BrNO. The molecule has 0 fully saturated rings. The van der Waals surface area contributed by atoms with Crippen molar-refractivity contribution in [2.45, 2.75) is 25.7 Å². The number of rotatable bonds is 2. The fourth-order valence-electron chi connectivity index (χ4n) is 2.76. The molecule has 0 atom stereocenters. The highest BCUT2D eigenvalue weighted by atomic mass is 79.9. The summed E-state index contributed by atoms with van der Waals surface area (Å²) in [6, 6.07) is 13.7. The Morgan fingerprint density at radius 2 is 1.85 bits per heavy atom. The molecule has 0 aliphatic heterocycles. The Balaban J connectivity index is 1.88. The maximum absolute atomic E-state index is 12.5. The molecule has 2 aromatic rings. The van der Waals surface area contributed by atoms with Crippen LogP contribution < -0.4 is 5.32 Å². The van der Waals surface area contributed by atoms with Crippen molar-refractivity contribution in [3.63, 3.8) is 0 Å². The average molecular weight is 330 g/mol. The molecule has 102 valence electrons. The van der Waals surface area contributed by atoms with Crippen LogP contribution in [-0.2, 0) is 12.8 Å². The lowest BCUT2D eigenvalue weighted by atomic mass is 9.88. The Bertz CT molecular complexity index is 651. The third-order valence-corrected chi connectivity index (χ3v) is 4.22. The van der Waals surface area contributed by atoms with Gasteiger partial charge in [-0.15, -0.1) is 0 Å². The van der Waals surface area contributed by atoms with Crippen LogP contribution in [0.2, 0.25) is 0 Å². The Morgan fingerprint density at radius 1 is 1.05 bits per heavy atom. The molecule has 2 aromatic carbocycles. The molecule has 0 spiro atoms. The summed E-state index contributed by atoms with van der Waals surface area (Å²) >= 11 is 3.42. The van der Waals surface area contributed by atoms with Gasteiger partial charge < -0.3 is 5.32 Å². The second-order valence-corrected chi connectivity index (χ2v) is 6.03. The second kappa shape index (κ2) is 5.80. The third-order valence-electron chi connectivity index (χ3n) is 3.72. The lowest BCUT2D eigenvalue weighted by molar-refractivity contribution is 0.102. The van der Waals surface area contributed by atoms with Crippen molar-refractivity contribution in [3.8, 4) is 0 Å².